The highest BCUT2D eigenvalue weighted by molar-refractivity contribution is 6.07. The van der Waals surface area contributed by atoms with Crippen LogP contribution in [0.4, 0.5) is 18.9 Å². The normalized spacial score (nSPS) is 19.7. The summed E-state index contributed by atoms with van der Waals surface area (Å²) in [7, 11) is 1.54. The minimum absolute atomic E-state index is 0.00792. The van der Waals surface area contributed by atoms with E-state index in [1.807, 2.05) is 6.07 Å². The molecule has 1 unspecified atom stereocenters. The predicted molar refractivity (Wildman–Crippen MR) is 105 cm³/mol. The van der Waals surface area contributed by atoms with Gasteiger partial charge in [0, 0.05) is 35.7 Å². The molecule has 4 nitrogen and oxygen atoms in total. The number of nitrogens with zero attached hydrogens (tertiary/aromatic N) is 1. The molecule has 4 rings (SSSR count). The second-order valence-corrected chi connectivity index (χ2v) is 7.45. The maximum atomic E-state index is 13.2. The minimum atomic E-state index is -4.52. The van der Waals surface area contributed by atoms with E-state index in [4.69, 9.17) is 4.74 Å². The topological polar surface area (TPSA) is 46.6 Å². The van der Waals surface area contributed by atoms with Crippen molar-refractivity contribution in [1.29, 1.82) is 0 Å². The van der Waals surface area contributed by atoms with E-state index >= 15 is 0 Å². The maximum Gasteiger partial charge on any atom is 0.416 e. The van der Waals surface area contributed by atoms with Crippen LogP contribution in [0, 0.1) is 0 Å². The Morgan fingerprint density at radius 1 is 1.03 bits per heavy atom. The second-order valence-electron chi connectivity index (χ2n) is 7.45. The van der Waals surface area contributed by atoms with Crippen LogP contribution in [0.3, 0.4) is 0 Å². The van der Waals surface area contributed by atoms with E-state index in [-0.39, 0.29) is 23.8 Å². The lowest BCUT2D eigenvalue weighted by molar-refractivity contribution is -0.137. The van der Waals surface area contributed by atoms with Gasteiger partial charge in [0.1, 0.15) is 5.75 Å². The van der Waals surface area contributed by atoms with Crippen LogP contribution in [0.15, 0.2) is 59.8 Å². The lowest BCUT2D eigenvalue weighted by Gasteiger charge is -2.38. The quantitative estimate of drug-likeness (QED) is 0.689. The van der Waals surface area contributed by atoms with Crippen LogP contribution < -0.4 is 9.64 Å². The highest BCUT2D eigenvalue weighted by Crippen LogP contribution is 2.44. The molecule has 1 aliphatic heterocycles. The summed E-state index contributed by atoms with van der Waals surface area (Å²) in [5.41, 5.74) is 1.13. The monoisotopic (exact) mass is 415 g/mol. The van der Waals surface area contributed by atoms with E-state index in [1.54, 1.807) is 18.2 Å². The van der Waals surface area contributed by atoms with Gasteiger partial charge in [-0.15, -0.1) is 0 Å². The standard InChI is InChI=1S/C23H20F3NO3/c1-30-17-8-2-5-14(11-17)18-13-21(29)27(19-9-4-10-20(28)22(18)19)16-7-3-6-15(12-16)23(24,25)26/h2-3,5-8,11-12,18H,4,9-10,13H2,1H3. The number of anilines is 1. The second kappa shape index (κ2) is 7.63. The first kappa shape index (κ1) is 20.2. The molecule has 2 aromatic carbocycles. The van der Waals surface area contributed by atoms with Gasteiger partial charge in [-0.2, -0.15) is 13.2 Å². The van der Waals surface area contributed by atoms with Gasteiger partial charge < -0.3 is 4.74 Å². The number of Topliss-reactive ketones (excluding diaryl/α,β-unsaturated/α-hetero) is 1. The van der Waals surface area contributed by atoms with Crippen molar-refractivity contribution in [3.63, 3.8) is 0 Å². The average molecular weight is 415 g/mol. The van der Waals surface area contributed by atoms with Crippen molar-refractivity contribution < 1.29 is 27.5 Å². The molecule has 0 aromatic heterocycles. The Labute approximate surface area is 171 Å². The zero-order valence-corrected chi connectivity index (χ0v) is 16.3. The average Bonchev–Trinajstić information content (AvgIpc) is 2.73. The van der Waals surface area contributed by atoms with Crippen molar-refractivity contribution in [2.45, 2.75) is 37.8 Å². The molecule has 2 aromatic rings. The molecule has 0 fully saturated rings. The van der Waals surface area contributed by atoms with Crippen LogP contribution >= 0.6 is 0 Å². The van der Waals surface area contributed by atoms with E-state index < -0.39 is 17.7 Å². The van der Waals surface area contributed by atoms with Crippen molar-refractivity contribution in [3.05, 3.63) is 70.9 Å². The number of alkyl halides is 3. The van der Waals surface area contributed by atoms with Crippen LogP contribution in [-0.2, 0) is 15.8 Å². The summed E-state index contributed by atoms with van der Waals surface area (Å²) < 4.78 is 44.9. The zero-order chi connectivity index (χ0) is 21.5. The van der Waals surface area contributed by atoms with Crippen LogP contribution in [0.1, 0.15) is 42.7 Å². The SMILES string of the molecule is COc1cccc(C2CC(=O)N(c3cccc(C(F)(F)F)c3)C3=C2C(=O)CCC3)c1. The van der Waals surface area contributed by atoms with Gasteiger partial charge >= 0.3 is 6.18 Å². The molecule has 156 valence electrons. The molecule has 1 heterocycles. The van der Waals surface area contributed by atoms with Crippen molar-refractivity contribution in [2.75, 3.05) is 12.0 Å². The van der Waals surface area contributed by atoms with Crippen molar-refractivity contribution in [2.24, 2.45) is 0 Å². The van der Waals surface area contributed by atoms with Crippen LogP contribution in [0.25, 0.3) is 0 Å². The molecular weight excluding hydrogens is 395 g/mol. The molecule has 7 heteroatoms. The number of carbonyl (C=O) groups is 2. The smallest absolute Gasteiger partial charge is 0.416 e. The lowest BCUT2D eigenvalue weighted by Crippen LogP contribution is -2.40. The first-order valence-corrected chi connectivity index (χ1v) is 9.70. The summed E-state index contributed by atoms with van der Waals surface area (Å²) in [6.45, 7) is 0. The van der Waals surface area contributed by atoms with Gasteiger partial charge in [-0.05, 0) is 48.7 Å². The Balaban J connectivity index is 1.84. The van der Waals surface area contributed by atoms with Gasteiger partial charge in [-0.3, -0.25) is 14.5 Å². The number of rotatable bonds is 3. The Morgan fingerprint density at radius 3 is 2.53 bits per heavy atom. The maximum absolute atomic E-state index is 13.2. The molecule has 0 saturated carbocycles. The Bertz CT molecular complexity index is 1040. The third-order valence-electron chi connectivity index (χ3n) is 5.60. The highest BCUT2D eigenvalue weighted by atomic mass is 19.4. The van der Waals surface area contributed by atoms with Crippen LogP contribution in [0.5, 0.6) is 5.75 Å². The molecule has 1 atom stereocenters. The van der Waals surface area contributed by atoms with Gasteiger partial charge in [-0.25, -0.2) is 0 Å². The number of benzene rings is 2. The highest BCUT2D eigenvalue weighted by Gasteiger charge is 2.40. The number of carbonyl (C=O) groups excluding carboxylic acids is 2. The fourth-order valence-electron chi connectivity index (χ4n) is 4.26. The number of halogens is 3. The molecule has 0 bridgehead atoms. The van der Waals surface area contributed by atoms with E-state index in [0.717, 1.165) is 17.7 Å². The number of allylic oxidation sites excluding steroid dienone is 2. The van der Waals surface area contributed by atoms with Gasteiger partial charge in [0.15, 0.2) is 5.78 Å². The van der Waals surface area contributed by atoms with E-state index in [1.165, 1.54) is 24.1 Å². The fraction of sp³-hybridized carbons (Fsp3) is 0.304. The number of hydrogen-bond acceptors (Lipinski definition) is 3. The Kier molecular flexibility index (Phi) is 5.13. The van der Waals surface area contributed by atoms with Crippen LogP contribution in [-0.4, -0.2) is 18.8 Å². The number of ether oxygens (including phenoxy) is 1. The molecule has 30 heavy (non-hydrogen) atoms. The minimum Gasteiger partial charge on any atom is -0.497 e. The number of methoxy groups -OCH3 is 1. The first-order valence-electron chi connectivity index (χ1n) is 9.70. The molecular formula is C23H20F3NO3. The summed E-state index contributed by atoms with van der Waals surface area (Å²) in [5.74, 6) is -0.202. The molecule has 2 aliphatic rings. The Morgan fingerprint density at radius 2 is 1.80 bits per heavy atom. The third kappa shape index (κ3) is 3.60. The molecule has 0 spiro atoms. The third-order valence-corrected chi connectivity index (χ3v) is 5.60. The number of ketones is 1. The summed E-state index contributed by atoms with van der Waals surface area (Å²) in [6, 6.07) is 11.9. The molecule has 0 radical (unpaired) electrons. The number of amides is 1. The van der Waals surface area contributed by atoms with Gasteiger partial charge in [-0.1, -0.05) is 18.2 Å². The molecule has 0 saturated heterocycles. The number of hydrogen-bond donors (Lipinski definition) is 0. The van der Waals surface area contributed by atoms with Gasteiger partial charge in [0.2, 0.25) is 5.91 Å². The zero-order valence-electron chi connectivity index (χ0n) is 16.3. The summed E-state index contributed by atoms with van der Waals surface area (Å²) in [5, 5.41) is 0. The fourth-order valence-corrected chi connectivity index (χ4v) is 4.26. The summed E-state index contributed by atoms with van der Waals surface area (Å²) in [4.78, 5) is 27.3. The summed E-state index contributed by atoms with van der Waals surface area (Å²) in [6.07, 6.45) is -3.12. The van der Waals surface area contributed by atoms with Crippen LogP contribution in [0.2, 0.25) is 0 Å². The first-order chi connectivity index (χ1) is 14.3. The molecule has 0 N–H and O–H groups in total. The van der Waals surface area contributed by atoms with E-state index in [9.17, 15) is 22.8 Å². The van der Waals surface area contributed by atoms with Gasteiger partial charge in [0.25, 0.3) is 0 Å². The van der Waals surface area contributed by atoms with Gasteiger partial charge in [0.05, 0.1) is 12.7 Å². The largest absolute Gasteiger partial charge is 0.497 e. The van der Waals surface area contributed by atoms with E-state index in [2.05, 4.69) is 0 Å². The summed E-state index contributed by atoms with van der Waals surface area (Å²) >= 11 is 0. The molecule has 1 amide bonds. The molecule has 1 aliphatic carbocycles. The van der Waals surface area contributed by atoms with Crippen molar-refractivity contribution >= 4 is 17.4 Å². The lowest BCUT2D eigenvalue weighted by atomic mass is 9.77. The van der Waals surface area contributed by atoms with E-state index in [0.29, 0.717) is 36.3 Å². The Hall–Kier alpha value is -3.09. The predicted octanol–water partition coefficient (Wildman–Crippen LogP) is 5.24. The van der Waals surface area contributed by atoms with Crippen molar-refractivity contribution in [1.82, 2.24) is 0 Å². The van der Waals surface area contributed by atoms with Crippen molar-refractivity contribution in [3.8, 4) is 5.75 Å².